The maximum Gasteiger partial charge on any atom is 1.00 e. The molecule has 11 heteroatoms. The molecule has 0 aliphatic carbocycles. The molecule has 0 bridgehead atoms. The number of benzene rings is 1. The molecule has 1 heterocycles. The van der Waals surface area contributed by atoms with E-state index in [-0.39, 0.29) is 63.2 Å². The number of hydrogen-bond donors (Lipinski definition) is 0. The molecule has 0 saturated heterocycles. The minimum absolute atomic E-state index is 0. The number of nitro groups is 2. The third-order valence-corrected chi connectivity index (χ3v) is 1.89. The van der Waals surface area contributed by atoms with Gasteiger partial charge in [0, 0.05) is 12.1 Å². The van der Waals surface area contributed by atoms with Crippen molar-refractivity contribution in [2.45, 2.75) is 0 Å². The molecule has 0 amide bonds. The van der Waals surface area contributed by atoms with Gasteiger partial charge in [-0.1, -0.05) is 0 Å². The van der Waals surface area contributed by atoms with Gasteiger partial charge in [0.05, 0.1) is 15.0 Å². The van der Waals surface area contributed by atoms with Crippen molar-refractivity contribution < 1.29 is 72.2 Å². The summed E-state index contributed by atoms with van der Waals surface area (Å²) >= 11 is 0. The van der Waals surface area contributed by atoms with Crippen LogP contribution in [0.5, 0.6) is 0 Å². The predicted molar refractivity (Wildman–Crippen MR) is 47.4 cm³/mol. The molecule has 0 spiro atoms. The van der Waals surface area contributed by atoms with Gasteiger partial charge in [0.2, 0.25) is 5.52 Å². The molecular formula is C6H3KN4O6. The number of hydrogen-bond acceptors (Lipinski definition) is 7. The fourth-order valence-electron chi connectivity index (χ4n) is 1.24. The van der Waals surface area contributed by atoms with Crippen molar-refractivity contribution in [3.63, 3.8) is 0 Å². The molecule has 84 valence electrons. The van der Waals surface area contributed by atoms with E-state index in [1.807, 2.05) is 0 Å². The zero-order chi connectivity index (χ0) is 11.9. The fraction of sp³-hybridized carbons (Fsp3) is 0. The number of nitrogens with zero attached hydrogens (tertiary/aromatic N) is 4. The van der Waals surface area contributed by atoms with E-state index in [1.165, 1.54) is 0 Å². The van der Waals surface area contributed by atoms with Crippen molar-refractivity contribution in [3.8, 4) is 0 Å². The number of rotatable bonds is 2. The van der Waals surface area contributed by atoms with Crippen molar-refractivity contribution in [1.29, 1.82) is 0 Å². The van der Waals surface area contributed by atoms with Gasteiger partial charge in [-0.15, -0.1) is 0 Å². The summed E-state index contributed by atoms with van der Waals surface area (Å²) in [5, 5.41) is 35.2. The van der Waals surface area contributed by atoms with E-state index in [2.05, 4.69) is 9.79 Å². The molecule has 0 fully saturated rings. The van der Waals surface area contributed by atoms with Crippen LogP contribution in [0.25, 0.3) is 11.0 Å². The van der Waals surface area contributed by atoms with Crippen molar-refractivity contribution in [3.05, 3.63) is 37.6 Å². The molecule has 0 radical (unpaired) electrons. The van der Waals surface area contributed by atoms with Gasteiger partial charge in [0.25, 0.3) is 0 Å². The Hall–Kier alpha value is -1.14. The van der Waals surface area contributed by atoms with E-state index in [0.29, 0.717) is 0 Å². The van der Waals surface area contributed by atoms with Crippen LogP contribution in [0.15, 0.2) is 16.8 Å². The molecule has 1 aromatic heterocycles. The summed E-state index contributed by atoms with van der Waals surface area (Å²) in [6, 6.07) is 1.88. The number of aromatic nitrogens is 2. The molecule has 0 atom stereocenters. The van der Waals surface area contributed by atoms with Crippen LogP contribution in [0.1, 0.15) is 1.43 Å². The molecule has 0 aliphatic heterocycles. The molecular weight excluding hydrogens is 263 g/mol. The van der Waals surface area contributed by atoms with E-state index in [9.17, 15) is 25.4 Å². The molecule has 10 nitrogen and oxygen atoms in total. The average Bonchev–Trinajstić information content (AvgIpc) is 2.58. The zero-order valence-corrected chi connectivity index (χ0v) is 11.5. The van der Waals surface area contributed by atoms with E-state index in [4.69, 9.17) is 0 Å². The summed E-state index contributed by atoms with van der Waals surface area (Å²) in [4.78, 5) is 19.2. The molecule has 2 aromatic rings. The monoisotopic (exact) mass is 266 g/mol. The van der Waals surface area contributed by atoms with Gasteiger partial charge in [0.15, 0.2) is 0 Å². The van der Waals surface area contributed by atoms with Crippen molar-refractivity contribution in [1.82, 2.24) is 5.16 Å². The third kappa shape index (κ3) is 2.27. The minimum atomic E-state index is -0.983. The third-order valence-electron chi connectivity index (χ3n) is 1.89. The van der Waals surface area contributed by atoms with Crippen LogP contribution in [-0.2, 0) is 0 Å². The Kier molecular flexibility index (Phi) is 4.10. The molecule has 0 unspecified atom stereocenters. The van der Waals surface area contributed by atoms with Crippen molar-refractivity contribution in [2.75, 3.05) is 0 Å². The zero-order valence-electron chi connectivity index (χ0n) is 9.39. The Morgan fingerprint density at radius 1 is 1.29 bits per heavy atom. The SMILES string of the molecule is O=[N+]([O-])c1ccc2c(no[n+]2[O-])c1[N+](=O)[O-].[H-].[K+]. The van der Waals surface area contributed by atoms with Gasteiger partial charge < -0.3 is 6.63 Å². The van der Waals surface area contributed by atoms with Crippen molar-refractivity contribution in [2.24, 2.45) is 0 Å². The Balaban J connectivity index is 0.00000144. The number of nitro benzene ring substituents is 2. The second-order valence-corrected chi connectivity index (χ2v) is 2.75. The Morgan fingerprint density at radius 3 is 2.47 bits per heavy atom. The van der Waals surface area contributed by atoms with Gasteiger partial charge in [-0.25, -0.2) is 0 Å². The Bertz CT molecular complexity index is 615. The molecule has 0 N–H and O–H groups in total. The molecule has 0 aliphatic rings. The Morgan fingerprint density at radius 2 is 1.94 bits per heavy atom. The van der Waals surface area contributed by atoms with Gasteiger partial charge in [-0.3, -0.25) is 24.9 Å². The normalized spacial score (nSPS) is 9.88. The first-order valence-electron chi connectivity index (χ1n) is 3.83. The summed E-state index contributed by atoms with van der Waals surface area (Å²) in [5.41, 5.74) is -2.29. The minimum Gasteiger partial charge on any atom is -1.00 e. The average molecular weight is 266 g/mol. The first kappa shape index (κ1) is 13.9. The second-order valence-electron chi connectivity index (χ2n) is 2.75. The predicted octanol–water partition coefficient (Wildman–Crippen LogP) is -2.61. The first-order valence-corrected chi connectivity index (χ1v) is 3.83. The van der Waals surface area contributed by atoms with E-state index >= 15 is 0 Å². The van der Waals surface area contributed by atoms with Gasteiger partial charge in [-0.05, 0) is 4.90 Å². The van der Waals surface area contributed by atoms with Gasteiger partial charge in [-0.2, -0.15) is 0 Å². The van der Waals surface area contributed by atoms with Crippen LogP contribution in [-0.4, -0.2) is 15.0 Å². The van der Waals surface area contributed by atoms with Crippen LogP contribution in [0.2, 0.25) is 0 Å². The van der Waals surface area contributed by atoms with Crippen molar-refractivity contribution >= 4 is 22.4 Å². The van der Waals surface area contributed by atoms with Gasteiger partial charge in [0.1, 0.15) is 0 Å². The maximum atomic E-state index is 10.9. The standard InChI is InChI=1S/C6H2N4O6.K.H/c11-8(12)4-2-1-3-5(6(4)9(13)14)7-16-10(3)15;;/h1-2H;;/q;+1;-1. The Labute approximate surface area is 136 Å². The maximum absolute atomic E-state index is 10.9. The van der Waals surface area contributed by atoms with Crippen LogP contribution < -0.4 is 56.3 Å². The molecule has 0 saturated carbocycles. The van der Waals surface area contributed by atoms with E-state index in [1.54, 1.807) is 0 Å². The second kappa shape index (κ2) is 5.01. The molecule has 17 heavy (non-hydrogen) atoms. The van der Waals surface area contributed by atoms with Crippen LogP contribution >= 0.6 is 0 Å². The van der Waals surface area contributed by atoms with E-state index < -0.39 is 26.7 Å². The van der Waals surface area contributed by atoms with Gasteiger partial charge >= 0.3 is 68.3 Å². The number of fused-ring (bicyclic) bond motifs is 1. The first-order chi connectivity index (χ1) is 7.52. The quantitative estimate of drug-likeness (QED) is 0.251. The van der Waals surface area contributed by atoms with Crippen LogP contribution in [0.4, 0.5) is 11.4 Å². The van der Waals surface area contributed by atoms with E-state index in [0.717, 1.165) is 12.1 Å². The largest absolute Gasteiger partial charge is 1.00 e. The van der Waals surface area contributed by atoms with Crippen LogP contribution in [0, 0.1) is 25.4 Å². The molecule has 2 rings (SSSR count). The summed E-state index contributed by atoms with van der Waals surface area (Å²) in [5.74, 6) is 0. The van der Waals surface area contributed by atoms with Crippen LogP contribution in [0.3, 0.4) is 0 Å². The summed E-state index contributed by atoms with van der Waals surface area (Å²) in [6.07, 6.45) is 0. The fourth-order valence-corrected chi connectivity index (χ4v) is 1.24. The summed E-state index contributed by atoms with van der Waals surface area (Å²) in [7, 11) is 0. The summed E-state index contributed by atoms with van der Waals surface area (Å²) in [6.45, 7) is 0. The molecule has 1 aromatic carbocycles. The topological polar surface area (TPSA) is 139 Å². The summed E-state index contributed by atoms with van der Waals surface area (Å²) < 4.78 is 4.12. The smallest absolute Gasteiger partial charge is 1.00 e.